The van der Waals surface area contributed by atoms with E-state index in [4.69, 9.17) is 11.5 Å². The number of aliphatic imine (C=N–C) groups is 1. The van der Waals surface area contributed by atoms with Crippen molar-refractivity contribution in [1.29, 1.82) is 0 Å². The number of likely N-dealkylation sites (N-methyl/N-ethyl adjacent to an activating group) is 1. The molecule has 3 amide bonds. The Morgan fingerprint density at radius 3 is 2.29 bits per heavy atom. The maximum absolute atomic E-state index is 13.6. The summed E-state index contributed by atoms with van der Waals surface area (Å²) >= 11 is 0. The molecular formula is C28H41N7O4S2. The number of guanidine groups is 1. The molecule has 0 spiro atoms. The second-order valence-electron chi connectivity index (χ2n) is 10.2. The minimum Gasteiger partial charge on any atom is -0.370 e. The molecule has 41 heavy (non-hydrogen) atoms. The number of carbonyl (C=O) groups excluding carboxylic acids is 2. The molecule has 1 aliphatic heterocycles. The van der Waals surface area contributed by atoms with Crippen LogP contribution in [0.5, 0.6) is 0 Å². The van der Waals surface area contributed by atoms with Crippen LogP contribution >= 0.6 is 10.8 Å². The number of rotatable bonds is 13. The van der Waals surface area contributed by atoms with Gasteiger partial charge in [-0.2, -0.15) is 0 Å². The molecule has 224 valence electrons. The van der Waals surface area contributed by atoms with E-state index < -0.39 is 21.0 Å². The molecular weight excluding hydrogens is 562 g/mol. The summed E-state index contributed by atoms with van der Waals surface area (Å²) in [5.74, 6) is -0.290. The van der Waals surface area contributed by atoms with Gasteiger partial charge in [-0.3, -0.25) is 9.79 Å². The highest BCUT2D eigenvalue weighted by atomic mass is 33.1. The first-order valence-corrected chi connectivity index (χ1v) is 16.6. The molecule has 11 nitrogen and oxygen atoms in total. The number of piperazine rings is 1. The first-order chi connectivity index (χ1) is 19.5. The predicted molar refractivity (Wildman–Crippen MR) is 164 cm³/mol. The molecule has 0 aliphatic carbocycles. The maximum atomic E-state index is 13.6. The molecule has 1 fully saturated rings. The fourth-order valence-electron chi connectivity index (χ4n) is 4.30. The Labute approximate surface area is 246 Å². The molecule has 1 heterocycles. The highest BCUT2D eigenvalue weighted by molar-refractivity contribution is 8.72. The smallest absolute Gasteiger partial charge is 0.318 e. The first kappa shape index (κ1) is 32.2. The van der Waals surface area contributed by atoms with Crippen LogP contribution in [0.1, 0.15) is 24.0 Å². The molecule has 2 aromatic carbocycles. The number of urea groups is 1. The van der Waals surface area contributed by atoms with Crippen molar-refractivity contribution in [2.45, 2.75) is 43.2 Å². The fraction of sp³-hybridized carbons (Fsp3) is 0.464. The van der Waals surface area contributed by atoms with Gasteiger partial charge in [0, 0.05) is 50.9 Å². The summed E-state index contributed by atoms with van der Waals surface area (Å²) in [5, 5.41) is 5.91. The van der Waals surface area contributed by atoms with Crippen LogP contribution in [0, 0.1) is 6.92 Å². The number of amides is 3. The highest BCUT2D eigenvalue weighted by Gasteiger charge is 2.28. The van der Waals surface area contributed by atoms with Crippen molar-refractivity contribution in [3.05, 3.63) is 65.7 Å². The van der Waals surface area contributed by atoms with Crippen molar-refractivity contribution in [3.8, 4) is 0 Å². The number of nitrogens with two attached hydrogens (primary N) is 2. The SMILES string of the molecule is Cc1ccc(S(=O)(=O)SC[C@H](CCCN=C(N)N)NC(=O)[C@H](Cc2ccccc2)NC(=O)N2CCN(C)CC2)cc1. The normalized spacial score (nSPS) is 15.5. The lowest BCUT2D eigenvalue weighted by atomic mass is 10.0. The van der Waals surface area contributed by atoms with E-state index in [9.17, 15) is 18.0 Å². The van der Waals surface area contributed by atoms with Crippen LogP contribution in [0.3, 0.4) is 0 Å². The molecule has 2 aromatic rings. The summed E-state index contributed by atoms with van der Waals surface area (Å²) in [6, 6.07) is 14.5. The Morgan fingerprint density at radius 1 is 1.00 bits per heavy atom. The van der Waals surface area contributed by atoms with E-state index in [1.54, 1.807) is 29.2 Å². The van der Waals surface area contributed by atoms with Gasteiger partial charge in [-0.05, 0) is 55.3 Å². The van der Waals surface area contributed by atoms with Gasteiger partial charge in [-0.25, -0.2) is 13.2 Å². The second kappa shape index (κ2) is 15.6. The van der Waals surface area contributed by atoms with Gasteiger partial charge in [0.1, 0.15) is 6.04 Å². The third-order valence-corrected chi connectivity index (χ3v) is 10.4. The molecule has 3 rings (SSSR count). The van der Waals surface area contributed by atoms with Gasteiger partial charge in [0.05, 0.1) is 4.90 Å². The van der Waals surface area contributed by atoms with E-state index in [0.29, 0.717) is 38.9 Å². The van der Waals surface area contributed by atoms with Crippen molar-refractivity contribution < 1.29 is 18.0 Å². The van der Waals surface area contributed by atoms with Crippen LogP contribution in [0.2, 0.25) is 0 Å². The minimum atomic E-state index is -3.64. The maximum Gasteiger partial charge on any atom is 0.318 e. The standard InChI is InChI=1S/C28H41N7O4S2/c1-21-10-12-24(13-11-21)41(38,39)40-20-23(9-6-14-31-27(29)30)32-26(36)25(19-22-7-4-3-5-8-22)33-28(37)35-17-15-34(2)16-18-35/h3-5,7-8,10-13,23,25H,6,9,14-20H2,1-2H3,(H,32,36)(H,33,37)(H4,29,30,31)/t23-,25-/m0/s1. The molecule has 0 bridgehead atoms. The van der Waals surface area contributed by atoms with Crippen LogP contribution in [0.15, 0.2) is 64.5 Å². The first-order valence-electron chi connectivity index (χ1n) is 13.6. The zero-order valence-electron chi connectivity index (χ0n) is 23.7. The van der Waals surface area contributed by atoms with Gasteiger partial charge in [-0.15, -0.1) is 0 Å². The summed E-state index contributed by atoms with van der Waals surface area (Å²) in [4.78, 5) is 34.8. The monoisotopic (exact) mass is 603 g/mol. The molecule has 1 aliphatic rings. The zero-order valence-corrected chi connectivity index (χ0v) is 25.3. The van der Waals surface area contributed by atoms with E-state index in [-0.39, 0.29) is 28.5 Å². The van der Waals surface area contributed by atoms with Crippen LogP contribution in [0.4, 0.5) is 4.79 Å². The Hall–Kier alpha value is -3.29. The van der Waals surface area contributed by atoms with E-state index in [2.05, 4.69) is 20.5 Å². The van der Waals surface area contributed by atoms with Gasteiger partial charge in [0.15, 0.2) is 5.96 Å². The van der Waals surface area contributed by atoms with Crippen molar-refractivity contribution >= 4 is 37.6 Å². The molecule has 0 saturated carbocycles. The Kier molecular flexibility index (Phi) is 12.3. The lowest BCUT2D eigenvalue weighted by Crippen LogP contribution is -2.57. The lowest BCUT2D eigenvalue weighted by molar-refractivity contribution is -0.123. The predicted octanol–water partition coefficient (Wildman–Crippen LogP) is 1.52. The van der Waals surface area contributed by atoms with Gasteiger partial charge >= 0.3 is 6.03 Å². The lowest BCUT2D eigenvalue weighted by Gasteiger charge is -2.33. The van der Waals surface area contributed by atoms with E-state index in [1.165, 1.54) is 0 Å². The average molecular weight is 604 g/mol. The quantitative estimate of drug-likeness (QED) is 0.116. The third-order valence-electron chi connectivity index (χ3n) is 6.77. The van der Waals surface area contributed by atoms with Gasteiger partial charge in [0.2, 0.25) is 14.8 Å². The molecule has 0 radical (unpaired) electrons. The molecule has 6 N–H and O–H groups in total. The summed E-state index contributed by atoms with van der Waals surface area (Å²) < 4.78 is 26.0. The summed E-state index contributed by atoms with van der Waals surface area (Å²) in [5.41, 5.74) is 12.7. The Morgan fingerprint density at radius 2 is 1.66 bits per heavy atom. The van der Waals surface area contributed by atoms with Crippen LogP contribution in [-0.2, 0) is 20.1 Å². The van der Waals surface area contributed by atoms with E-state index >= 15 is 0 Å². The number of carbonyl (C=O) groups is 2. The van der Waals surface area contributed by atoms with Crippen LogP contribution in [-0.4, -0.2) is 93.7 Å². The summed E-state index contributed by atoms with van der Waals surface area (Å²) in [6.45, 7) is 4.89. The van der Waals surface area contributed by atoms with E-state index in [0.717, 1.165) is 35.0 Å². The molecule has 1 saturated heterocycles. The Bertz CT molecular complexity index is 1260. The molecule has 0 aromatic heterocycles. The number of benzene rings is 2. The minimum absolute atomic E-state index is 0.0311. The third kappa shape index (κ3) is 10.9. The van der Waals surface area contributed by atoms with Crippen LogP contribution in [0.25, 0.3) is 0 Å². The highest BCUT2D eigenvalue weighted by Crippen LogP contribution is 2.25. The number of hydrogen-bond acceptors (Lipinski definition) is 7. The number of nitrogens with zero attached hydrogens (tertiary/aromatic N) is 3. The summed E-state index contributed by atoms with van der Waals surface area (Å²) in [6.07, 6.45) is 1.27. The van der Waals surface area contributed by atoms with Crippen molar-refractivity contribution in [1.82, 2.24) is 20.4 Å². The largest absolute Gasteiger partial charge is 0.370 e. The van der Waals surface area contributed by atoms with Gasteiger partial charge in [0.25, 0.3) is 0 Å². The van der Waals surface area contributed by atoms with Crippen molar-refractivity contribution in [2.24, 2.45) is 16.5 Å². The number of aryl methyl sites for hydroxylation is 1. The molecule has 0 unspecified atom stereocenters. The van der Waals surface area contributed by atoms with Gasteiger partial charge in [-0.1, -0.05) is 48.0 Å². The fourth-order valence-corrected chi connectivity index (χ4v) is 7.27. The molecule has 2 atom stereocenters. The topological polar surface area (TPSA) is 163 Å². The zero-order chi connectivity index (χ0) is 29.8. The Balaban J connectivity index is 1.73. The van der Waals surface area contributed by atoms with Gasteiger partial charge < -0.3 is 31.9 Å². The van der Waals surface area contributed by atoms with E-state index in [1.807, 2.05) is 44.3 Å². The average Bonchev–Trinajstić information content (AvgIpc) is 2.94. The number of hydrogen-bond donors (Lipinski definition) is 4. The second-order valence-corrected chi connectivity index (χ2v) is 14.2. The van der Waals surface area contributed by atoms with Crippen LogP contribution < -0.4 is 22.1 Å². The molecule has 13 heteroatoms. The number of nitrogens with one attached hydrogen (secondary N) is 2. The van der Waals surface area contributed by atoms with Crippen molar-refractivity contribution in [3.63, 3.8) is 0 Å². The summed E-state index contributed by atoms with van der Waals surface area (Å²) in [7, 11) is -0.859. The van der Waals surface area contributed by atoms with Crippen molar-refractivity contribution in [2.75, 3.05) is 45.5 Å².